The van der Waals surface area contributed by atoms with E-state index in [1.54, 1.807) is 6.20 Å². The first-order chi connectivity index (χ1) is 9.81. The Morgan fingerprint density at radius 2 is 2.00 bits per heavy atom. The van der Waals surface area contributed by atoms with Crippen molar-refractivity contribution >= 4 is 6.09 Å². The average Bonchev–Trinajstić information content (AvgIpc) is 2.93. The minimum Gasteiger partial charge on any atom is -0.447 e. The van der Waals surface area contributed by atoms with E-state index < -0.39 is 6.09 Å². The summed E-state index contributed by atoms with van der Waals surface area (Å²) in [6.45, 7) is 0.295. The summed E-state index contributed by atoms with van der Waals surface area (Å²) in [4.78, 5) is 19.6. The maximum atomic E-state index is 11.0. The van der Waals surface area contributed by atoms with E-state index in [0.29, 0.717) is 18.0 Å². The molecule has 0 spiro atoms. The fourth-order valence-electron chi connectivity index (χ4n) is 1.82. The topological polar surface area (TPSA) is 64.1 Å². The molecular formula is C15H11N3O2. The predicted octanol–water partition coefficient (Wildman–Crippen LogP) is 1.66. The molecular weight excluding hydrogens is 254 g/mol. The number of carbonyl (C=O) groups is 1. The van der Waals surface area contributed by atoms with Crippen molar-refractivity contribution in [3.05, 3.63) is 59.7 Å². The molecule has 1 saturated heterocycles. The summed E-state index contributed by atoms with van der Waals surface area (Å²) in [6.07, 6.45) is 1.28. The van der Waals surface area contributed by atoms with Gasteiger partial charge in [-0.25, -0.2) is 14.8 Å². The number of hydrogen-bond donors (Lipinski definition) is 1. The molecule has 0 aromatic carbocycles. The van der Waals surface area contributed by atoms with Crippen LogP contribution in [-0.2, 0) is 4.74 Å². The van der Waals surface area contributed by atoms with E-state index in [-0.39, 0.29) is 6.04 Å². The Kier molecular flexibility index (Phi) is 3.29. The van der Waals surface area contributed by atoms with Gasteiger partial charge in [-0.3, -0.25) is 0 Å². The third-order valence-electron chi connectivity index (χ3n) is 2.78. The highest BCUT2D eigenvalue weighted by Gasteiger charge is 2.24. The zero-order valence-corrected chi connectivity index (χ0v) is 10.5. The van der Waals surface area contributed by atoms with Gasteiger partial charge >= 0.3 is 6.09 Å². The highest BCUT2D eigenvalue weighted by atomic mass is 16.6. The SMILES string of the molecule is O=C1N[C@H](c2cccc(C#Cc3ccccn3)n2)CO1. The summed E-state index contributed by atoms with van der Waals surface area (Å²) in [5.41, 5.74) is 2.06. The van der Waals surface area contributed by atoms with Gasteiger partial charge in [-0.2, -0.15) is 0 Å². The van der Waals surface area contributed by atoms with Crippen LogP contribution in [-0.4, -0.2) is 22.7 Å². The lowest BCUT2D eigenvalue weighted by Crippen LogP contribution is -2.19. The number of ether oxygens (including phenoxy) is 1. The van der Waals surface area contributed by atoms with Gasteiger partial charge in [0.2, 0.25) is 0 Å². The molecule has 1 atom stereocenters. The zero-order valence-electron chi connectivity index (χ0n) is 10.5. The molecule has 1 aliphatic rings. The number of amides is 1. The van der Waals surface area contributed by atoms with Gasteiger partial charge in [-0.05, 0) is 36.1 Å². The molecule has 2 aromatic heterocycles. The molecule has 3 rings (SSSR count). The Bertz CT molecular complexity index is 689. The van der Waals surface area contributed by atoms with E-state index in [1.807, 2.05) is 36.4 Å². The summed E-state index contributed by atoms with van der Waals surface area (Å²) in [6, 6.07) is 10.9. The first-order valence-corrected chi connectivity index (χ1v) is 6.14. The van der Waals surface area contributed by atoms with E-state index in [9.17, 15) is 4.79 Å². The van der Waals surface area contributed by atoms with Crippen molar-refractivity contribution in [1.29, 1.82) is 0 Å². The van der Waals surface area contributed by atoms with Gasteiger partial charge in [-0.15, -0.1) is 0 Å². The van der Waals surface area contributed by atoms with E-state index in [0.717, 1.165) is 5.69 Å². The Hall–Kier alpha value is -2.87. The molecule has 0 unspecified atom stereocenters. The number of cyclic esters (lactones) is 1. The van der Waals surface area contributed by atoms with E-state index in [4.69, 9.17) is 4.74 Å². The molecule has 20 heavy (non-hydrogen) atoms. The first-order valence-electron chi connectivity index (χ1n) is 6.14. The van der Waals surface area contributed by atoms with Gasteiger partial charge in [0.1, 0.15) is 24.0 Å². The minimum atomic E-state index is -0.415. The summed E-state index contributed by atoms with van der Waals surface area (Å²) in [7, 11) is 0. The molecule has 5 nitrogen and oxygen atoms in total. The monoisotopic (exact) mass is 265 g/mol. The van der Waals surface area contributed by atoms with Crippen LogP contribution in [0.25, 0.3) is 0 Å². The fraction of sp³-hybridized carbons (Fsp3) is 0.133. The number of carbonyl (C=O) groups excluding carboxylic acids is 1. The normalized spacial score (nSPS) is 16.8. The second-order valence-corrected chi connectivity index (χ2v) is 4.21. The maximum absolute atomic E-state index is 11.0. The lowest BCUT2D eigenvalue weighted by Gasteiger charge is -2.06. The molecule has 0 saturated carbocycles. The Morgan fingerprint density at radius 1 is 1.15 bits per heavy atom. The van der Waals surface area contributed by atoms with Crippen molar-refractivity contribution in [3.8, 4) is 11.8 Å². The number of alkyl carbamates (subject to hydrolysis) is 1. The summed E-state index contributed by atoms with van der Waals surface area (Å²) in [5, 5.41) is 2.69. The summed E-state index contributed by atoms with van der Waals surface area (Å²) in [5.74, 6) is 5.90. The van der Waals surface area contributed by atoms with Gasteiger partial charge in [0, 0.05) is 6.20 Å². The molecule has 3 heterocycles. The van der Waals surface area contributed by atoms with Gasteiger partial charge in [0.15, 0.2) is 0 Å². The molecule has 0 bridgehead atoms. The van der Waals surface area contributed by atoms with Crippen LogP contribution >= 0.6 is 0 Å². The third kappa shape index (κ3) is 2.75. The van der Waals surface area contributed by atoms with Crippen molar-refractivity contribution in [2.24, 2.45) is 0 Å². The quantitative estimate of drug-likeness (QED) is 0.796. The van der Waals surface area contributed by atoms with E-state index in [2.05, 4.69) is 27.1 Å². The van der Waals surface area contributed by atoms with Crippen LogP contribution in [0, 0.1) is 11.8 Å². The van der Waals surface area contributed by atoms with Crippen molar-refractivity contribution in [1.82, 2.24) is 15.3 Å². The fourth-order valence-corrected chi connectivity index (χ4v) is 1.82. The summed E-state index contributed by atoms with van der Waals surface area (Å²) < 4.78 is 4.85. The van der Waals surface area contributed by atoms with Crippen LogP contribution in [0.15, 0.2) is 42.6 Å². The minimum absolute atomic E-state index is 0.209. The van der Waals surface area contributed by atoms with Crippen LogP contribution in [0.4, 0.5) is 4.79 Å². The van der Waals surface area contributed by atoms with Gasteiger partial charge in [0.05, 0.1) is 5.69 Å². The lowest BCUT2D eigenvalue weighted by atomic mass is 10.2. The number of aromatic nitrogens is 2. The van der Waals surface area contributed by atoms with E-state index >= 15 is 0 Å². The van der Waals surface area contributed by atoms with Gasteiger partial charge < -0.3 is 10.1 Å². The first kappa shape index (κ1) is 12.2. The zero-order chi connectivity index (χ0) is 13.8. The van der Waals surface area contributed by atoms with Crippen LogP contribution in [0.3, 0.4) is 0 Å². The van der Waals surface area contributed by atoms with Crippen molar-refractivity contribution in [3.63, 3.8) is 0 Å². The number of rotatable bonds is 1. The Balaban J connectivity index is 1.82. The number of nitrogens with zero attached hydrogens (tertiary/aromatic N) is 2. The average molecular weight is 265 g/mol. The Morgan fingerprint density at radius 3 is 2.75 bits per heavy atom. The molecule has 1 fully saturated rings. The number of pyridine rings is 2. The highest BCUT2D eigenvalue weighted by Crippen LogP contribution is 2.15. The Labute approximate surface area is 116 Å². The second-order valence-electron chi connectivity index (χ2n) is 4.21. The van der Waals surface area contributed by atoms with Crippen LogP contribution in [0.2, 0.25) is 0 Å². The van der Waals surface area contributed by atoms with Gasteiger partial charge in [-0.1, -0.05) is 12.1 Å². The third-order valence-corrected chi connectivity index (χ3v) is 2.78. The molecule has 0 radical (unpaired) electrons. The van der Waals surface area contributed by atoms with Crippen molar-refractivity contribution < 1.29 is 9.53 Å². The molecule has 0 aliphatic carbocycles. The van der Waals surface area contributed by atoms with Gasteiger partial charge in [0.25, 0.3) is 0 Å². The van der Waals surface area contributed by atoms with Crippen LogP contribution in [0.5, 0.6) is 0 Å². The molecule has 1 aliphatic heterocycles. The van der Waals surface area contributed by atoms with Crippen LogP contribution in [0.1, 0.15) is 23.1 Å². The molecule has 98 valence electrons. The molecule has 1 amide bonds. The maximum Gasteiger partial charge on any atom is 0.407 e. The highest BCUT2D eigenvalue weighted by molar-refractivity contribution is 5.69. The van der Waals surface area contributed by atoms with Crippen LogP contribution < -0.4 is 5.32 Å². The predicted molar refractivity (Wildman–Crippen MR) is 71.7 cm³/mol. The van der Waals surface area contributed by atoms with Crippen molar-refractivity contribution in [2.75, 3.05) is 6.61 Å². The molecule has 5 heteroatoms. The summed E-state index contributed by atoms with van der Waals surface area (Å²) >= 11 is 0. The van der Waals surface area contributed by atoms with E-state index in [1.165, 1.54) is 0 Å². The smallest absolute Gasteiger partial charge is 0.407 e. The second kappa shape index (κ2) is 5.41. The molecule has 1 N–H and O–H groups in total. The van der Waals surface area contributed by atoms with Crippen molar-refractivity contribution in [2.45, 2.75) is 6.04 Å². The number of hydrogen-bond acceptors (Lipinski definition) is 4. The lowest BCUT2D eigenvalue weighted by molar-refractivity contribution is 0.177. The largest absolute Gasteiger partial charge is 0.447 e. The molecule has 2 aromatic rings. The standard InChI is InChI=1S/C15H11N3O2/c19-15-18-14(10-20-15)13-6-3-5-12(17-13)8-7-11-4-1-2-9-16-11/h1-6,9,14H,10H2,(H,18,19)/t14-/m0/s1. The number of nitrogens with one attached hydrogen (secondary N) is 1.